The van der Waals surface area contributed by atoms with Crippen molar-refractivity contribution in [3.8, 4) is 0 Å². The first-order valence-electron chi connectivity index (χ1n) is 5.85. The molecule has 0 saturated carbocycles. The van der Waals surface area contributed by atoms with E-state index < -0.39 is 11.2 Å². The van der Waals surface area contributed by atoms with E-state index in [2.05, 4.69) is 5.16 Å². The van der Waals surface area contributed by atoms with Crippen LogP contribution in [0.5, 0.6) is 0 Å². The topological polar surface area (TPSA) is 95.3 Å². The third kappa shape index (κ3) is 1.58. The van der Waals surface area contributed by atoms with E-state index in [-0.39, 0.29) is 11.4 Å². The number of hydrogen-bond acceptors (Lipinski definition) is 6. The summed E-state index contributed by atoms with van der Waals surface area (Å²) in [4.78, 5) is 0. The number of hydrogen-bond donors (Lipinski definition) is 2. The highest BCUT2D eigenvalue weighted by molar-refractivity contribution is 6.04. The Kier molecular flexibility index (Phi) is 2.91. The molecule has 1 atom stereocenters. The molecule has 2 heterocycles. The van der Waals surface area contributed by atoms with Gasteiger partial charge in [0.05, 0.1) is 6.26 Å². The highest BCUT2D eigenvalue weighted by Crippen LogP contribution is 2.36. The lowest BCUT2D eigenvalue weighted by Crippen LogP contribution is -2.57. The molecule has 1 aliphatic heterocycles. The summed E-state index contributed by atoms with van der Waals surface area (Å²) in [6.07, 6.45) is 1.45. The standard InChI is InChI=1S/C12H17N3O4/c1-8(13-16)12(4)14(17)10(9-6-5-7-19-9)11(2,3)15(12)18/h5-7,16,18H,1-4H3/b13-8-/t12-/m0/s1. The molecule has 0 radical (unpaired) electrons. The molecular formula is C12H17N3O4. The smallest absolute Gasteiger partial charge is 0.290 e. The van der Waals surface area contributed by atoms with E-state index >= 15 is 0 Å². The zero-order chi connectivity index (χ0) is 14.4. The van der Waals surface area contributed by atoms with E-state index in [0.717, 1.165) is 5.06 Å². The average molecular weight is 267 g/mol. The largest absolute Gasteiger partial charge is 0.622 e. The molecule has 7 heteroatoms. The molecule has 0 bridgehead atoms. The van der Waals surface area contributed by atoms with Crippen molar-refractivity contribution in [1.82, 2.24) is 5.06 Å². The van der Waals surface area contributed by atoms with E-state index in [9.17, 15) is 10.4 Å². The number of nitrogens with zero attached hydrogens (tertiary/aromatic N) is 3. The molecule has 0 aromatic carbocycles. The van der Waals surface area contributed by atoms with Gasteiger partial charge in [-0.3, -0.25) is 0 Å². The van der Waals surface area contributed by atoms with Crippen molar-refractivity contribution in [2.75, 3.05) is 0 Å². The summed E-state index contributed by atoms with van der Waals surface area (Å²) in [7, 11) is 0. The van der Waals surface area contributed by atoms with Crippen LogP contribution in [0.3, 0.4) is 0 Å². The van der Waals surface area contributed by atoms with Crippen molar-refractivity contribution < 1.29 is 19.6 Å². The normalized spacial score (nSPS) is 28.2. The van der Waals surface area contributed by atoms with Crippen molar-refractivity contribution in [3.05, 3.63) is 29.4 Å². The minimum Gasteiger partial charge on any atom is -0.622 e. The Morgan fingerprint density at radius 2 is 2.11 bits per heavy atom. The second kappa shape index (κ2) is 4.07. The summed E-state index contributed by atoms with van der Waals surface area (Å²) in [5.74, 6) is 0.369. The Hall–Kier alpha value is -1.86. The van der Waals surface area contributed by atoms with Gasteiger partial charge >= 0.3 is 0 Å². The minimum atomic E-state index is -1.49. The van der Waals surface area contributed by atoms with E-state index in [0.29, 0.717) is 10.5 Å². The molecule has 1 aromatic heterocycles. The molecule has 0 aliphatic carbocycles. The molecular weight excluding hydrogens is 250 g/mol. The predicted molar refractivity (Wildman–Crippen MR) is 67.4 cm³/mol. The highest BCUT2D eigenvalue weighted by atomic mass is 16.6. The van der Waals surface area contributed by atoms with Crippen molar-refractivity contribution in [2.45, 2.75) is 38.9 Å². The highest BCUT2D eigenvalue weighted by Gasteiger charge is 2.62. The van der Waals surface area contributed by atoms with Crippen LogP contribution in [0, 0.1) is 5.21 Å². The van der Waals surface area contributed by atoms with Crippen LogP contribution in [0.15, 0.2) is 28.0 Å². The average Bonchev–Trinajstić information content (AvgIpc) is 2.92. The van der Waals surface area contributed by atoms with Gasteiger partial charge in [-0.25, -0.2) is 0 Å². The summed E-state index contributed by atoms with van der Waals surface area (Å²) in [6.45, 7) is 6.32. The van der Waals surface area contributed by atoms with Crippen LogP contribution in [-0.4, -0.2) is 42.8 Å². The number of hydroxylamine groups is 3. The van der Waals surface area contributed by atoms with E-state index in [1.54, 1.807) is 26.0 Å². The van der Waals surface area contributed by atoms with Gasteiger partial charge in [0.25, 0.3) is 11.4 Å². The molecule has 19 heavy (non-hydrogen) atoms. The lowest BCUT2D eigenvalue weighted by Gasteiger charge is -2.31. The van der Waals surface area contributed by atoms with Crippen molar-refractivity contribution in [1.29, 1.82) is 0 Å². The molecule has 0 amide bonds. The SMILES string of the molecule is C/C(=N/O)[C@]1(C)N(O)C(C)(C)C(c2ccco2)=[N+]1[O-]. The Labute approximate surface area is 110 Å². The third-order valence-electron chi connectivity index (χ3n) is 3.71. The van der Waals surface area contributed by atoms with Gasteiger partial charge in [-0.1, -0.05) is 5.16 Å². The molecule has 0 saturated heterocycles. The van der Waals surface area contributed by atoms with Crippen molar-refractivity contribution >= 4 is 11.4 Å². The van der Waals surface area contributed by atoms with Crippen LogP contribution < -0.4 is 0 Å². The van der Waals surface area contributed by atoms with Gasteiger partial charge in [-0.2, -0.15) is 4.74 Å². The number of furan rings is 1. The van der Waals surface area contributed by atoms with Gasteiger partial charge in [-0.05, 0) is 32.9 Å². The Balaban J connectivity index is 2.70. The predicted octanol–water partition coefficient (Wildman–Crippen LogP) is 1.63. The van der Waals surface area contributed by atoms with Gasteiger partial charge in [0.15, 0.2) is 5.76 Å². The van der Waals surface area contributed by atoms with Crippen molar-refractivity contribution in [2.24, 2.45) is 5.16 Å². The lowest BCUT2D eigenvalue weighted by atomic mass is 9.96. The Morgan fingerprint density at radius 3 is 2.58 bits per heavy atom. The second-order valence-corrected chi connectivity index (χ2v) is 5.20. The maximum Gasteiger partial charge on any atom is 0.290 e. The fourth-order valence-corrected chi connectivity index (χ4v) is 2.41. The lowest BCUT2D eigenvalue weighted by molar-refractivity contribution is -0.560. The van der Waals surface area contributed by atoms with Crippen LogP contribution in [-0.2, 0) is 0 Å². The first kappa shape index (κ1) is 13.6. The zero-order valence-electron chi connectivity index (χ0n) is 11.3. The maximum atomic E-state index is 12.6. The fourth-order valence-electron chi connectivity index (χ4n) is 2.41. The van der Waals surface area contributed by atoms with Crippen LogP contribution in [0.2, 0.25) is 0 Å². The Bertz CT molecular complexity index is 547. The summed E-state index contributed by atoms with van der Waals surface area (Å²) in [5, 5.41) is 35.8. The van der Waals surface area contributed by atoms with Gasteiger partial charge < -0.3 is 20.0 Å². The third-order valence-corrected chi connectivity index (χ3v) is 3.71. The van der Waals surface area contributed by atoms with Crippen LogP contribution in [0.25, 0.3) is 0 Å². The molecule has 104 valence electrons. The van der Waals surface area contributed by atoms with Crippen LogP contribution in [0.4, 0.5) is 0 Å². The molecule has 7 nitrogen and oxygen atoms in total. The van der Waals surface area contributed by atoms with Gasteiger partial charge in [0.2, 0.25) is 0 Å². The van der Waals surface area contributed by atoms with Gasteiger partial charge in [0, 0.05) is 6.92 Å². The van der Waals surface area contributed by atoms with E-state index in [1.807, 2.05) is 0 Å². The minimum absolute atomic E-state index is 0.0830. The molecule has 2 rings (SSSR count). The zero-order valence-corrected chi connectivity index (χ0v) is 11.3. The monoisotopic (exact) mass is 267 g/mol. The molecule has 0 fully saturated rings. The summed E-state index contributed by atoms with van der Waals surface area (Å²) in [5.41, 5.74) is -2.12. The summed E-state index contributed by atoms with van der Waals surface area (Å²) in [6, 6.07) is 3.31. The first-order chi connectivity index (χ1) is 8.77. The van der Waals surface area contributed by atoms with Gasteiger partial charge in [-0.15, -0.1) is 5.06 Å². The molecule has 1 aliphatic rings. The molecule has 1 aromatic rings. The van der Waals surface area contributed by atoms with E-state index in [4.69, 9.17) is 9.62 Å². The fraction of sp³-hybridized carbons (Fsp3) is 0.500. The molecule has 0 spiro atoms. The second-order valence-electron chi connectivity index (χ2n) is 5.20. The summed E-state index contributed by atoms with van der Waals surface area (Å²) >= 11 is 0. The number of rotatable bonds is 2. The van der Waals surface area contributed by atoms with Crippen LogP contribution >= 0.6 is 0 Å². The number of oxime groups is 1. The summed E-state index contributed by atoms with van der Waals surface area (Å²) < 4.78 is 5.87. The van der Waals surface area contributed by atoms with Crippen molar-refractivity contribution in [3.63, 3.8) is 0 Å². The van der Waals surface area contributed by atoms with Crippen LogP contribution in [0.1, 0.15) is 33.5 Å². The Morgan fingerprint density at radius 1 is 1.47 bits per heavy atom. The van der Waals surface area contributed by atoms with E-state index in [1.165, 1.54) is 20.1 Å². The molecule has 2 N–H and O–H groups in total. The first-order valence-corrected chi connectivity index (χ1v) is 5.85. The quantitative estimate of drug-likeness (QED) is 0.279. The van der Waals surface area contributed by atoms with Gasteiger partial charge in [0.1, 0.15) is 11.3 Å². The maximum absolute atomic E-state index is 12.6. The molecule has 0 unspecified atom stereocenters.